The highest BCUT2D eigenvalue weighted by Gasteiger charge is 2.24. The Labute approximate surface area is 149 Å². The highest BCUT2D eigenvalue weighted by molar-refractivity contribution is 7.13. The third kappa shape index (κ3) is 5.26. The van der Waals surface area contributed by atoms with Crippen molar-refractivity contribution >= 4 is 17.2 Å². The van der Waals surface area contributed by atoms with Gasteiger partial charge in [-0.3, -0.25) is 9.69 Å². The normalized spacial score (nSPS) is 17.5. The predicted octanol–water partition coefficient (Wildman–Crippen LogP) is 3.05. The summed E-state index contributed by atoms with van der Waals surface area (Å²) in [6.45, 7) is 14.8. The molecule has 0 radical (unpaired) electrons. The number of ether oxygens (including phenoxy) is 1. The van der Waals surface area contributed by atoms with Gasteiger partial charge in [-0.25, -0.2) is 4.98 Å². The van der Waals surface area contributed by atoms with Crippen LogP contribution in [0.5, 0.6) is 0 Å². The Hall–Kier alpha value is -0.980. The maximum absolute atomic E-state index is 12.6. The average molecular weight is 354 g/mol. The highest BCUT2D eigenvalue weighted by atomic mass is 32.1. The van der Waals surface area contributed by atoms with Crippen molar-refractivity contribution in [2.24, 2.45) is 5.92 Å². The molecule has 0 aliphatic carbocycles. The van der Waals surface area contributed by atoms with Crippen LogP contribution in [-0.2, 0) is 4.74 Å². The van der Waals surface area contributed by atoms with E-state index in [1.165, 1.54) is 11.3 Å². The Morgan fingerprint density at radius 1 is 1.29 bits per heavy atom. The number of rotatable bonds is 7. The van der Waals surface area contributed by atoms with Crippen LogP contribution < -0.4 is 5.32 Å². The number of aryl methyl sites for hydroxylation is 1. The molecule has 1 aromatic heterocycles. The minimum absolute atomic E-state index is 0.0129. The molecule has 136 valence electrons. The topological polar surface area (TPSA) is 54.5 Å². The van der Waals surface area contributed by atoms with Gasteiger partial charge in [0.25, 0.3) is 5.91 Å². The summed E-state index contributed by atoms with van der Waals surface area (Å²) in [6.07, 6.45) is 1.08. The molecule has 0 aromatic carbocycles. The summed E-state index contributed by atoms with van der Waals surface area (Å²) in [4.78, 5) is 20.3. The van der Waals surface area contributed by atoms with Gasteiger partial charge in [0, 0.05) is 31.6 Å². The summed E-state index contributed by atoms with van der Waals surface area (Å²) >= 11 is 1.52. The van der Waals surface area contributed by atoms with Crippen molar-refractivity contribution < 1.29 is 9.53 Å². The van der Waals surface area contributed by atoms with Gasteiger partial charge in [-0.05, 0) is 19.3 Å². The molecular formula is C18H31N3O2S. The van der Waals surface area contributed by atoms with Gasteiger partial charge in [-0.1, -0.05) is 27.7 Å². The molecule has 1 fully saturated rings. The molecule has 2 rings (SSSR count). The van der Waals surface area contributed by atoms with E-state index in [1.54, 1.807) is 0 Å². The summed E-state index contributed by atoms with van der Waals surface area (Å²) in [6, 6.07) is 0.371. The second-order valence-electron chi connectivity index (χ2n) is 7.26. The first-order chi connectivity index (χ1) is 11.4. The van der Waals surface area contributed by atoms with Crippen LogP contribution >= 0.6 is 11.3 Å². The molecule has 1 unspecified atom stereocenters. The van der Waals surface area contributed by atoms with Crippen molar-refractivity contribution in [3.63, 3.8) is 0 Å². The fraction of sp³-hybridized carbons (Fsp3) is 0.778. The number of morpholine rings is 1. The maximum Gasteiger partial charge on any atom is 0.263 e. The zero-order chi connectivity index (χ0) is 17.7. The first-order valence-corrected chi connectivity index (χ1v) is 9.77. The van der Waals surface area contributed by atoms with E-state index < -0.39 is 0 Å². The molecule has 1 saturated heterocycles. The van der Waals surface area contributed by atoms with Crippen LogP contribution in [-0.4, -0.2) is 54.7 Å². The molecule has 0 saturated carbocycles. The summed E-state index contributed by atoms with van der Waals surface area (Å²) in [5.41, 5.74) is 0.841. The first kappa shape index (κ1) is 19.3. The number of amides is 1. The van der Waals surface area contributed by atoms with Crippen LogP contribution in [0.4, 0.5) is 0 Å². The molecule has 24 heavy (non-hydrogen) atoms. The van der Waals surface area contributed by atoms with Crippen LogP contribution in [0.15, 0.2) is 0 Å². The molecule has 1 amide bonds. The van der Waals surface area contributed by atoms with Crippen LogP contribution in [0.1, 0.15) is 60.4 Å². The van der Waals surface area contributed by atoms with E-state index >= 15 is 0 Å². The monoisotopic (exact) mass is 353 g/mol. The first-order valence-electron chi connectivity index (χ1n) is 8.95. The molecule has 1 aliphatic heterocycles. The molecule has 1 N–H and O–H groups in total. The van der Waals surface area contributed by atoms with Gasteiger partial charge < -0.3 is 10.1 Å². The van der Waals surface area contributed by atoms with E-state index in [-0.39, 0.29) is 5.91 Å². The molecule has 0 bridgehead atoms. The van der Waals surface area contributed by atoms with E-state index in [9.17, 15) is 4.79 Å². The number of carbonyl (C=O) groups is 1. The summed E-state index contributed by atoms with van der Waals surface area (Å²) in [7, 11) is 0. The van der Waals surface area contributed by atoms with Crippen molar-refractivity contribution in [1.29, 1.82) is 0 Å². The Bertz CT molecular complexity index is 536. The quantitative estimate of drug-likeness (QED) is 0.818. The number of nitrogens with one attached hydrogen (secondary N) is 1. The van der Waals surface area contributed by atoms with E-state index in [0.717, 1.165) is 48.3 Å². The smallest absolute Gasteiger partial charge is 0.263 e. The summed E-state index contributed by atoms with van der Waals surface area (Å²) < 4.78 is 5.46. The average Bonchev–Trinajstić information content (AvgIpc) is 2.94. The number of carbonyl (C=O) groups excluding carboxylic acids is 1. The van der Waals surface area contributed by atoms with Gasteiger partial charge in [0.05, 0.1) is 23.9 Å². The van der Waals surface area contributed by atoms with Crippen LogP contribution in [0, 0.1) is 12.8 Å². The maximum atomic E-state index is 12.6. The largest absolute Gasteiger partial charge is 0.379 e. The molecule has 6 heteroatoms. The Morgan fingerprint density at radius 3 is 2.50 bits per heavy atom. The zero-order valence-electron chi connectivity index (χ0n) is 15.6. The molecular weight excluding hydrogens is 322 g/mol. The van der Waals surface area contributed by atoms with Gasteiger partial charge in [0.2, 0.25) is 0 Å². The number of thiazole rings is 1. The van der Waals surface area contributed by atoms with Crippen LogP contribution in [0.2, 0.25) is 0 Å². The van der Waals surface area contributed by atoms with Crippen molar-refractivity contribution in [2.45, 2.75) is 53.0 Å². The van der Waals surface area contributed by atoms with Crippen molar-refractivity contribution in [1.82, 2.24) is 15.2 Å². The van der Waals surface area contributed by atoms with Crippen molar-refractivity contribution in [3.8, 4) is 0 Å². The Balaban J connectivity index is 1.98. The second kappa shape index (κ2) is 8.92. The van der Waals surface area contributed by atoms with Crippen LogP contribution in [0.3, 0.4) is 0 Å². The van der Waals surface area contributed by atoms with Gasteiger partial charge in [0.15, 0.2) is 0 Å². The lowest BCUT2D eigenvalue weighted by Gasteiger charge is -2.35. The lowest BCUT2D eigenvalue weighted by atomic mass is 10.0. The third-order valence-corrected chi connectivity index (χ3v) is 5.77. The predicted molar refractivity (Wildman–Crippen MR) is 98.9 cm³/mol. The summed E-state index contributed by atoms with van der Waals surface area (Å²) in [5, 5.41) is 4.18. The number of hydrogen-bond acceptors (Lipinski definition) is 5. The van der Waals surface area contributed by atoms with E-state index in [4.69, 9.17) is 4.74 Å². The SMILES string of the molecule is Cc1nc(C(C)C)sc1C(=O)NCC(CC(C)C)N1CCOCC1. The van der Waals surface area contributed by atoms with E-state index in [2.05, 4.69) is 42.9 Å². The number of hydrogen-bond donors (Lipinski definition) is 1. The Morgan fingerprint density at radius 2 is 1.96 bits per heavy atom. The number of aromatic nitrogens is 1. The summed E-state index contributed by atoms with van der Waals surface area (Å²) in [5.74, 6) is 0.976. The third-order valence-electron chi connectivity index (χ3n) is 4.32. The van der Waals surface area contributed by atoms with E-state index in [1.807, 2.05) is 6.92 Å². The molecule has 1 atom stereocenters. The number of nitrogens with zero attached hydrogens (tertiary/aromatic N) is 2. The minimum atomic E-state index is 0.0129. The fourth-order valence-corrected chi connectivity index (χ4v) is 4.00. The van der Waals surface area contributed by atoms with Crippen molar-refractivity contribution in [2.75, 3.05) is 32.8 Å². The highest BCUT2D eigenvalue weighted by Crippen LogP contribution is 2.24. The minimum Gasteiger partial charge on any atom is -0.379 e. The van der Waals surface area contributed by atoms with Crippen molar-refractivity contribution in [3.05, 3.63) is 15.6 Å². The lowest BCUT2D eigenvalue weighted by molar-refractivity contribution is 0.0125. The second-order valence-corrected chi connectivity index (χ2v) is 8.29. The molecule has 1 aliphatic rings. The molecule has 1 aromatic rings. The zero-order valence-corrected chi connectivity index (χ0v) is 16.4. The fourth-order valence-electron chi connectivity index (χ4n) is 3.01. The standard InChI is InChI=1S/C18H31N3O2S/c1-12(2)10-15(21-6-8-23-9-7-21)11-19-17(22)16-14(5)20-18(24-16)13(3)4/h12-13,15H,6-11H2,1-5H3,(H,19,22). The van der Waals surface area contributed by atoms with E-state index in [0.29, 0.717) is 24.4 Å². The van der Waals surface area contributed by atoms with Gasteiger partial charge in [-0.2, -0.15) is 0 Å². The van der Waals surface area contributed by atoms with Gasteiger partial charge in [0.1, 0.15) is 4.88 Å². The van der Waals surface area contributed by atoms with Crippen LogP contribution in [0.25, 0.3) is 0 Å². The lowest BCUT2D eigenvalue weighted by Crippen LogP contribution is -2.49. The van der Waals surface area contributed by atoms with Gasteiger partial charge >= 0.3 is 0 Å². The Kier molecular flexibility index (Phi) is 7.19. The van der Waals surface area contributed by atoms with Gasteiger partial charge in [-0.15, -0.1) is 11.3 Å². The molecule has 2 heterocycles. The molecule has 0 spiro atoms. The molecule has 5 nitrogen and oxygen atoms in total.